The molecule has 9 heteroatoms. The lowest BCUT2D eigenvalue weighted by Gasteiger charge is -2.34. The molecular formula is C25H34N2O5S2. The number of hydrogen-bond acceptors (Lipinski definition) is 7. The largest absolute Gasteiger partial charge is 0.496 e. The molecule has 0 amide bonds. The van der Waals surface area contributed by atoms with Gasteiger partial charge < -0.3 is 14.4 Å². The number of thioether (sulfide) groups is 1. The first-order valence-electron chi connectivity index (χ1n) is 11.5. The van der Waals surface area contributed by atoms with Gasteiger partial charge in [0.2, 0.25) is 10.0 Å². The third-order valence-electron chi connectivity index (χ3n) is 5.76. The number of ether oxygens (including phenoxy) is 2. The molecule has 0 spiro atoms. The van der Waals surface area contributed by atoms with E-state index in [1.165, 1.54) is 11.8 Å². The minimum absolute atomic E-state index is 0.185. The van der Waals surface area contributed by atoms with E-state index in [0.29, 0.717) is 35.9 Å². The predicted octanol–water partition coefficient (Wildman–Crippen LogP) is 4.87. The van der Waals surface area contributed by atoms with Gasteiger partial charge in [0.05, 0.1) is 25.2 Å². The first-order valence-corrected chi connectivity index (χ1v) is 14.2. The van der Waals surface area contributed by atoms with E-state index in [9.17, 15) is 13.2 Å². The maximum Gasteiger partial charge on any atom is 0.315 e. The van der Waals surface area contributed by atoms with Crippen LogP contribution in [-0.4, -0.2) is 45.9 Å². The van der Waals surface area contributed by atoms with Crippen LogP contribution in [0, 0.1) is 0 Å². The predicted molar refractivity (Wildman–Crippen MR) is 137 cm³/mol. The number of fused-ring (bicyclic) bond motifs is 1. The van der Waals surface area contributed by atoms with Gasteiger partial charge in [-0.25, -0.2) is 13.1 Å². The summed E-state index contributed by atoms with van der Waals surface area (Å²) in [5, 5.41) is 0. The highest BCUT2D eigenvalue weighted by molar-refractivity contribution is 7.99. The molecule has 1 atom stereocenters. The average molecular weight is 507 g/mol. The molecule has 34 heavy (non-hydrogen) atoms. The smallest absolute Gasteiger partial charge is 0.315 e. The summed E-state index contributed by atoms with van der Waals surface area (Å²) < 4.78 is 40.8. The van der Waals surface area contributed by atoms with Crippen LogP contribution in [0.25, 0.3) is 0 Å². The third-order valence-corrected chi connectivity index (χ3v) is 8.39. The summed E-state index contributed by atoms with van der Waals surface area (Å²) >= 11 is 1.36. The zero-order chi connectivity index (χ0) is 24.8. The van der Waals surface area contributed by atoms with Gasteiger partial charge in [0.15, 0.2) is 0 Å². The lowest BCUT2D eigenvalue weighted by Crippen LogP contribution is -2.50. The van der Waals surface area contributed by atoms with Crippen molar-refractivity contribution in [2.75, 3.05) is 30.9 Å². The van der Waals surface area contributed by atoms with Gasteiger partial charge in [-0.3, -0.25) is 4.79 Å². The first-order chi connectivity index (χ1) is 16.2. The molecular weight excluding hydrogens is 472 g/mol. The first kappa shape index (κ1) is 26.4. The number of anilines is 2. The fourth-order valence-corrected chi connectivity index (χ4v) is 6.61. The number of methoxy groups -OCH3 is 1. The molecule has 7 nitrogen and oxygen atoms in total. The van der Waals surface area contributed by atoms with Crippen LogP contribution in [-0.2, 0) is 25.3 Å². The van der Waals surface area contributed by atoms with Crippen LogP contribution in [0.15, 0.2) is 47.4 Å². The Morgan fingerprint density at radius 1 is 1.21 bits per heavy atom. The average Bonchev–Trinajstić information content (AvgIpc) is 2.89. The van der Waals surface area contributed by atoms with E-state index in [1.807, 2.05) is 37.3 Å². The Bertz CT molecular complexity index is 1090. The van der Waals surface area contributed by atoms with Gasteiger partial charge in [-0.05, 0) is 38.5 Å². The quantitative estimate of drug-likeness (QED) is 0.460. The van der Waals surface area contributed by atoms with Crippen LogP contribution in [0.4, 0.5) is 11.4 Å². The molecule has 0 fully saturated rings. The van der Waals surface area contributed by atoms with Crippen LogP contribution in [0.3, 0.4) is 0 Å². The van der Waals surface area contributed by atoms with Crippen molar-refractivity contribution in [2.45, 2.75) is 56.2 Å². The Morgan fingerprint density at radius 2 is 1.94 bits per heavy atom. The molecule has 2 aromatic rings. The second-order valence-corrected chi connectivity index (χ2v) is 11.3. The minimum Gasteiger partial charge on any atom is -0.496 e. The Hall–Kier alpha value is -2.23. The Morgan fingerprint density at radius 3 is 2.59 bits per heavy atom. The molecule has 186 valence electrons. The fourth-order valence-electron chi connectivity index (χ4n) is 4.15. The van der Waals surface area contributed by atoms with Gasteiger partial charge in [0.1, 0.15) is 10.6 Å². The number of nitrogens with one attached hydrogen (secondary N) is 1. The molecule has 3 rings (SSSR count). The number of carbonyl (C=O) groups is 1. The van der Waals surface area contributed by atoms with Gasteiger partial charge in [0.25, 0.3) is 0 Å². The number of hydrogen-bond donors (Lipinski definition) is 1. The molecule has 1 N–H and O–H groups in total. The Labute approximate surface area is 207 Å². The van der Waals surface area contributed by atoms with Gasteiger partial charge in [-0.2, -0.15) is 0 Å². The summed E-state index contributed by atoms with van der Waals surface area (Å²) in [6.07, 6.45) is 2.61. The maximum atomic E-state index is 13.6. The molecule has 0 aliphatic carbocycles. The number of nitrogens with zero attached hydrogens (tertiary/aromatic N) is 1. The Balaban J connectivity index is 2.07. The van der Waals surface area contributed by atoms with Crippen molar-refractivity contribution in [3.63, 3.8) is 0 Å². The van der Waals surface area contributed by atoms with Crippen LogP contribution in [0.1, 0.15) is 45.6 Å². The third kappa shape index (κ3) is 6.25. The molecule has 0 saturated heterocycles. The van der Waals surface area contributed by atoms with E-state index in [2.05, 4.69) is 16.5 Å². The minimum atomic E-state index is -3.80. The maximum absolute atomic E-state index is 13.6. The summed E-state index contributed by atoms with van der Waals surface area (Å²) in [5.74, 6) is 0.897. The van der Waals surface area contributed by atoms with Crippen LogP contribution >= 0.6 is 11.8 Å². The number of benzene rings is 2. The van der Waals surface area contributed by atoms with Crippen LogP contribution in [0.2, 0.25) is 0 Å². The molecule has 0 bridgehead atoms. The summed E-state index contributed by atoms with van der Waals surface area (Å²) in [5.41, 5.74) is 1.56. The van der Waals surface area contributed by atoms with Crippen molar-refractivity contribution in [1.29, 1.82) is 0 Å². The van der Waals surface area contributed by atoms with E-state index < -0.39 is 15.6 Å². The highest BCUT2D eigenvalue weighted by Gasteiger charge is 2.39. The van der Waals surface area contributed by atoms with Crippen LogP contribution in [0.5, 0.6) is 5.75 Å². The van der Waals surface area contributed by atoms with Gasteiger partial charge in [0, 0.05) is 35.2 Å². The van der Waals surface area contributed by atoms with Gasteiger partial charge >= 0.3 is 5.97 Å². The normalized spacial score (nSPS) is 19.2. The van der Waals surface area contributed by atoms with Crippen molar-refractivity contribution in [2.24, 2.45) is 0 Å². The number of para-hydroxylation sites is 1. The van der Waals surface area contributed by atoms with E-state index in [0.717, 1.165) is 24.9 Å². The summed E-state index contributed by atoms with van der Waals surface area (Å²) in [7, 11) is -2.23. The topological polar surface area (TPSA) is 84.9 Å². The fraction of sp³-hybridized carbons (Fsp3) is 0.480. The van der Waals surface area contributed by atoms with Crippen molar-refractivity contribution in [3.8, 4) is 5.75 Å². The van der Waals surface area contributed by atoms with E-state index in [1.54, 1.807) is 26.2 Å². The number of sulfonamides is 1. The standard InChI is InChI=1S/C25H34N2O5S2/c1-5-7-13-25(3)18-27(20-11-9-8-10-12-20)21-15-22(31-4)19(14-23(21)34(29,30)26-25)16-33-17-24(28)32-6-2/h8-12,14-15,26H,5-7,13,16-18H2,1-4H3. The van der Waals surface area contributed by atoms with Crippen LogP contribution < -0.4 is 14.4 Å². The highest BCUT2D eigenvalue weighted by Crippen LogP contribution is 2.41. The monoisotopic (exact) mass is 506 g/mol. The number of rotatable bonds is 10. The SMILES string of the molecule is CCCCC1(C)CN(c2ccccc2)c2cc(OC)c(CSCC(=O)OCC)cc2S(=O)(=O)N1. The second kappa shape index (κ2) is 11.5. The number of carbonyl (C=O) groups excluding carboxylic acids is 1. The lowest BCUT2D eigenvalue weighted by molar-refractivity contribution is -0.139. The number of esters is 1. The molecule has 0 radical (unpaired) electrons. The van der Waals surface area contributed by atoms with E-state index in [4.69, 9.17) is 9.47 Å². The van der Waals surface area contributed by atoms with Crippen molar-refractivity contribution in [1.82, 2.24) is 4.72 Å². The summed E-state index contributed by atoms with van der Waals surface area (Å²) in [6.45, 7) is 6.66. The lowest BCUT2D eigenvalue weighted by atomic mass is 9.95. The second-order valence-electron chi connectivity index (χ2n) is 8.62. The zero-order valence-corrected chi connectivity index (χ0v) is 21.9. The molecule has 0 aromatic heterocycles. The van der Waals surface area contributed by atoms with Gasteiger partial charge in [-0.15, -0.1) is 11.8 Å². The molecule has 1 aliphatic rings. The molecule has 1 unspecified atom stereocenters. The van der Waals surface area contributed by atoms with Gasteiger partial charge in [-0.1, -0.05) is 38.0 Å². The molecule has 0 saturated carbocycles. The van der Waals surface area contributed by atoms with Crippen molar-refractivity contribution < 1.29 is 22.7 Å². The molecule has 1 aliphatic heterocycles. The van der Waals surface area contributed by atoms with Crippen molar-refractivity contribution >= 4 is 39.1 Å². The Kier molecular flexibility index (Phi) is 8.89. The molecule has 2 aromatic carbocycles. The number of unbranched alkanes of at least 4 members (excludes halogenated alkanes) is 1. The van der Waals surface area contributed by atoms with Crippen molar-refractivity contribution in [3.05, 3.63) is 48.0 Å². The summed E-state index contributed by atoms with van der Waals surface area (Å²) in [6, 6.07) is 13.3. The summed E-state index contributed by atoms with van der Waals surface area (Å²) in [4.78, 5) is 14.0. The zero-order valence-electron chi connectivity index (χ0n) is 20.3. The molecule has 1 heterocycles. The van der Waals surface area contributed by atoms with E-state index >= 15 is 0 Å². The highest BCUT2D eigenvalue weighted by atomic mass is 32.2. The van der Waals surface area contributed by atoms with E-state index in [-0.39, 0.29) is 16.6 Å².